The smallest absolute Gasteiger partial charge is 0.243 e. The van der Waals surface area contributed by atoms with Crippen LogP contribution in [0, 0.1) is 19.3 Å². The van der Waals surface area contributed by atoms with E-state index in [1.807, 2.05) is 20.8 Å². The minimum absolute atomic E-state index is 0.121. The number of benzene rings is 1. The van der Waals surface area contributed by atoms with E-state index < -0.39 is 10.0 Å². The van der Waals surface area contributed by atoms with E-state index in [2.05, 4.69) is 0 Å². The van der Waals surface area contributed by atoms with E-state index in [-0.39, 0.29) is 5.41 Å². The summed E-state index contributed by atoms with van der Waals surface area (Å²) in [4.78, 5) is 0.333. The third kappa shape index (κ3) is 2.93. The zero-order chi connectivity index (χ0) is 15.8. The summed E-state index contributed by atoms with van der Waals surface area (Å²) in [5.74, 6) is 0.738. The zero-order valence-electron chi connectivity index (χ0n) is 13.1. The molecule has 0 saturated carbocycles. The van der Waals surface area contributed by atoms with Gasteiger partial charge >= 0.3 is 0 Å². The molecule has 0 radical (unpaired) electrons. The number of hydrogen-bond acceptors (Lipinski definition) is 4. The zero-order valence-corrected chi connectivity index (χ0v) is 14.0. The highest BCUT2D eigenvalue weighted by molar-refractivity contribution is 7.89. The highest BCUT2D eigenvalue weighted by Gasteiger charge is 2.39. The molecule has 0 amide bonds. The second-order valence-corrected chi connectivity index (χ2v) is 8.13. The lowest BCUT2D eigenvalue weighted by atomic mass is 9.90. The molecule has 0 bridgehead atoms. The van der Waals surface area contributed by atoms with Crippen molar-refractivity contribution >= 4 is 10.0 Å². The molecule has 5 nitrogen and oxygen atoms in total. The van der Waals surface area contributed by atoms with Crippen LogP contribution in [-0.4, -0.2) is 39.5 Å². The Labute approximate surface area is 127 Å². The van der Waals surface area contributed by atoms with Crippen LogP contribution in [0.3, 0.4) is 0 Å². The number of aryl methyl sites for hydroxylation is 2. The lowest BCUT2D eigenvalue weighted by Gasteiger charge is -2.23. The summed E-state index contributed by atoms with van der Waals surface area (Å²) in [7, 11) is -1.87. The molecule has 21 heavy (non-hydrogen) atoms. The van der Waals surface area contributed by atoms with Gasteiger partial charge in [-0.3, -0.25) is 0 Å². The average Bonchev–Trinajstić information content (AvgIpc) is 2.82. The van der Waals surface area contributed by atoms with Gasteiger partial charge in [-0.2, -0.15) is 4.31 Å². The number of nitrogens with zero attached hydrogens (tertiary/aromatic N) is 1. The number of rotatable bonds is 4. The summed E-state index contributed by atoms with van der Waals surface area (Å²) in [6.45, 7) is 7.26. The Morgan fingerprint density at radius 2 is 1.90 bits per heavy atom. The Morgan fingerprint density at radius 1 is 1.33 bits per heavy atom. The maximum Gasteiger partial charge on any atom is 0.243 e. The Balaban J connectivity index is 2.38. The molecule has 1 aromatic rings. The van der Waals surface area contributed by atoms with Crippen LogP contribution < -0.4 is 10.5 Å². The van der Waals surface area contributed by atoms with Crippen molar-refractivity contribution in [2.45, 2.75) is 32.1 Å². The number of ether oxygens (including phenoxy) is 1. The molecule has 0 aromatic heterocycles. The van der Waals surface area contributed by atoms with Crippen molar-refractivity contribution in [1.29, 1.82) is 0 Å². The van der Waals surface area contributed by atoms with Crippen LogP contribution in [0.4, 0.5) is 0 Å². The topological polar surface area (TPSA) is 72.6 Å². The maximum atomic E-state index is 12.8. The second kappa shape index (κ2) is 5.59. The van der Waals surface area contributed by atoms with E-state index >= 15 is 0 Å². The van der Waals surface area contributed by atoms with E-state index in [4.69, 9.17) is 10.5 Å². The fourth-order valence-electron chi connectivity index (χ4n) is 2.88. The van der Waals surface area contributed by atoms with Crippen LogP contribution >= 0.6 is 0 Å². The fourth-order valence-corrected chi connectivity index (χ4v) is 4.64. The van der Waals surface area contributed by atoms with E-state index in [9.17, 15) is 8.42 Å². The molecule has 1 atom stereocenters. The first-order valence-corrected chi connectivity index (χ1v) is 8.53. The Morgan fingerprint density at radius 3 is 2.33 bits per heavy atom. The van der Waals surface area contributed by atoms with Gasteiger partial charge in [0, 0.05) is 13.1 Å². The average molecular weight is 312 g/mol. The summed E-state index contributed by atoms with van der Waals surface area (Å²) < 4.78 is 32.4. The molecule has 0 spiro atoms. The number of sulfonamides is 1. The maximum absolute atomic E-state index is 12.8. The Hall–Kier alpha value is -1.11. The number of nitrogens with two attached hydrogens (primary N) is 1. The van der Waals surface area contributed by atoms with Crippen molar-refractivity contribution < 1.29 is 13.2 Å². The predicted octanol–water partition coefficient (Wildman–Crippen LogP) is 1.67. The Kier molecular flexibility index (Phi) is 4.33. The molecule has 1 aromatic carbocycles. The van der Waals surface area contributed by atoms with Crippen LogP contribution in [0.15, 0.2) is 17.0 Å². The molecular weight excluding hydrogens is 288 g/mol. The lowest BCUT2D eigenvalue weighted by Crippen LogP contribution is -2.34. The van der Waals surface area contributed by atoms with Gasteiger partial charge in [-0.25, -0.2) is 8.42 Å². The third-order valence-corrected chi connectivity index (χ3v) is 6.11. The monoisotopic (exact) mass is 312 g/mol. The fraction of sp³-hybridized carbons (Fsp3) is 0.600. The van der Waals surface area contributed by atoms with Crippen LogP contribution in [0.25, 0.3) is 0 Å². The van der Waals surface area contributed by atoms with Crippen molar-refractivity contribution in [3.8, 4) is 5.75 Å². The van der Waals surface area contributed by atoms with Gasteiger partial charge in [0.2, 0.25) is 10.0 Å². The third-order valence-electron chi connectivity index (χ3n) is 4.29. The van der Waals surface area contributed by atoms with Gasteiger partial charge in [0.05, 0.1) is 12.0 Å². The van der Waals surface area contributed by atoms with Crippen LogP contribution in [-0.2, 0) is 10.0 Å². The number of hydrogen-bond donors (Lipinski definition) is 1. The minimum Gasteiger partial charge on any atom is -0.496 e. The van der Waals surface area contributed by atoms with Crippen LogP contribution in [0.1, 0.15) is 24.5 Å². The van der Waals surface area contributed by atoms with E-state index in [0.29, 0.717) is 24.5 Å². The largest absolute Gasteiger partial charge is 0.496 e. The molecule has 2 N–H and O–H groups in total. The molecule has 1 heterocycles. The molecule has 1 fully saturated rings. The van der Waals surface area contributed by atoms with E-state index in [0.717, 1.165) is 23.3 Å². The SMILES string of the molecule is COc1c(C)cc(S(=O)(=O)N2CCC(C)(CN)C2)cc1C. The van der Waals surface area contributed by atoms with Gasteiger partial charge in [-0.05, 0) is 55.5 Å². The predicted molar refractivity (Wildman–Crippen MR) is 83.0 cm³/mol. The van der Waals surface area contributed by atoms with Gasteiger partial charge in [-0.15, -0.1) is 0 Å². The summed E-state index contributed by atoms with van der Waals surface area (Å²) >= 11 is 0. The first-order chi connectivity index (χ1) is 9.73. The van der Waals surface area contributed by atoms with Gasteiger partial charge < -0.3 is 10.5 Å². The standard InChI is InChI=1S/C15H24N2O3S/c1-11-7-13(8-12(2)14(11)20-4)21(18,19)17-6-5-15(3,9-16)10-17/h7-8H,5-6,9-10,16H2,1-4H3. The van der Waals surface area contributed by atoms with Gasteiger partial charge in [0.1, 0.15) is 5.75 Å². The minimum atomic E-state index is -3.47. The summed E-state index contributed by atoms with van der Waals surface area (Å²) in [6.07, 6.45) is 0.802. The van der Waals surface area contributed by atoms with E-state index in [1.165, 1.54) is 0 Å². The molecule has 1 aliphatic rings. The number of methoxy groups -OCH3 is 1. The summed E-state index contributed by atoms with van der Waals surface area (Å²) in [5, 5.41) is 0. The van der Waals surface area contributed by atoms with Crippen molar-refractivity contribution in [3.63, 3.8) is 0 Å². The molecule has 2 rings (SSSR count). The van der Waals surface area contributed by atoms with E-state index in [1.54, 1.807) is 23.5 Å². The van der Waals surface area contributed by atoms with Gasteiger partial charge in [0.15, 0.2) is 0 Å². The molecule has 6 heteroatoms. The first kappa shape index (κ1) is 16.3. The van der Waals surface area contributed by atoms with Gasteiger partial charge in [-0.1, -0.05) is 6.92 Å². The second-order valence-electron chi connectivity index (χ2n) is 6.19. The van der Waals surface area contributed by atoms with Crippen molar-refractivity contribution in [3.05, 3.63) is 23.3 Å². The quantitative estimate of drug-likeness (QED) is 0.918. The Bertz CT molecular complexity index is 619. The summed E-state index contributed by atoms with van der Waals surface area (Å²) in [6, 6.07) is 3.36. The molecule has 1 unspecified atom stereocenters. The lowest BCUT2D eigenvalue weighted by molar-refractivity contribution is 0.349. The van der Waals surface area contributed by atoms with Crippen molar-refractivity contribution in [1.82, 2.24) is 4.31 Å². The molecule has 0 aliphatic carbocycles. The van der Waals surface area contributed by atoms with Crippen molar-refractivity contribution in [2.24, 2.45) is 11.1 Å². The van der Waals surface area contributed by atoms with Crippen molar-refractivity contribution in [2.75, 3.05) is 26.7 Å². The highest BCUT2D eigenvalue weighted by Crippen LogP contribution is 2.34. The van der Waals surface area contributed by atoms with Crippen LogP contribution in [0.2, 0.25) is 0 Å². The highest BCUT2D eigenvalue weighted by atomic mass is 32.2. The summed E-state index contributed by atoms with van der Waals surface area (Å²) in [5.41, 5.74) is 7.30. The van der Waals surface area contributed by atoms with Crippen LogP contribution in [0.5, 0.6) is 5.75 Å². The molecule has 118 valence electrons. The molecular formula is C15H24N2O3S. The first-order valence-electron chi connectivity index (χ1n) is 7.09. The normalized spacial score (nSPS) is 23.5. The van der Waals surface area contributed by atoms with Gasteiger partial charge in [0.25, 0.3) is 0 Å². The molecule has 1 saturated heterocycles. The molecule has 1 aliphatic heterocycles.